The molecule has 0 radical (unpaired) electrons. The largest absolute Gasteiger partial charge is 0.496 e. The van der Waals surface area contributed by atoms with E-state index in [2.05, 4.69) is 20.3 Å². The number of fused-ring (bicyclic) bond motifs is 1. The number of aliphatic hydroxyl groups excluding tert-OH is 1. The number of hydrogen-bond acceptors (Lipinski definition) is 7. The highest BCUT2D eigenvalue weighted by atomic mass is 19.4. The molecule has 0 spiro atoms. The number of piperidine rings is 1. The molecule has 31 heavy (non-hydrogen) atoms. The van der Waals surface area contributed by atoms with Crippen molar-refractivity contribution in [3.05, 3.63) is 46.4 Å². The molecule has 11 heteroatoms. The molecule has 1 aliphatic heterocycles. The molecular formula is C20H20F3N5O3. The highest BCUT2D eigenvalue weighted by molar-refractivity contribution is 5.91. The Hall–Kier alpha value is -3.34. The average molecular weight is 435 g/mol. The van der Waals surface area contributed by atoms with Gasteiger partial charge in [0.1, 0.15) is 17.0 Å². The van der Waals surface area contributed by atoms with Crippen LogP contribution in [0, 0.1) is 0 Å². The van der Waals surface area contributed by atoms with Gasteiger partial charge in [-0.15, -0.1) is 0 Å². The summed E-state index contributed by atoms with van der Waals surface area (Å²) < 4.78 is 45.0. The molecule has 2 aromatic heterocycles. The van der Waals surface area contributed by atoms with Crippen molar-refractivity contribution in [1.29, 1.82) is 0 Å². The van der Waals surface area contributed by atoms with Gasteiger partial charge in [-0.3, -0.25) is 4.79 Å². The van der Waals surface area contributed by atoms with Crippen LogP contribution in [-0.4, -0.2) is 46.4 Å². The number of anilines is 3. The Morgan fingerprint density at radius 2 is 1.97 bits per heavy atom. The van der Waals surface area contributed by atoms with Gasteiger partial charge in [0.05, 0.1) is 24.3 Å². The standard InChI is InChI=1S/C20H20F3N5O3/c1-31-15-3-2-11(10-13(15)20(21,22)23)25-17-16-14(4-7-24-18(16)30)26-19(27-17)28-8-5-12(29)6-9-28/h2-4,7,10,12,29H,5-6,8-9H2,1H3,(H,24,30)(H,25,26,27). The summed E-state index contributed by atoms with van der Waals surface area (Å²) in [5.74, 6) is 0.110. The van der Waals surface area contributed by atoms with Gasteiger partial charge < -0.3 is 25.0 Å². The first-order valence-electron chi connectivity index (χ1n) is 9.61. The zero-order valence-corrected chi connectivity index (χ0v) is 16.5. The molecule has 0 aliphatic carbocycles. The molecule has 1 aromatic carbocycles. The first-order chi connectivity index (χ1) is 14.8. The van der Waals surface area contributed by atoms with Crippen LogP contribution in [0.1, 0.15) is 18.4 Å². The number of ether oxygens (including phenoxy) is 1. The fourth-order valence-corrected chi connectivity index (χ4v) is 3.52. The van der Waals surface area contributed by atoms with Crippen molar-refractivity contribution in [2.24, 2.45) is 0 Å². The molecule has 0 saturated carbocycles. The lowest BCUT2D eigenvalue weighted by Gasteiger charge is -2.30. The lowest BCUT2D eigenvalue weighted by molar-refractivity contribution is -0.138. The highest BCUT2D eigenvalue weighted by Gasteiger charge is 2.34. The molecule has 4 rings (SSSR count). The molecule has 164 valence electrons. The van der Waals surface area contributed by atoms with Crippen molar-refractivity contribution < 1.29 is 23.0 Å². The smallest absolute Gasteiger partial charge is 0.420 e. The van der Waals surface area contributed by atoms with E-state index in [0.29, 0.717) is 37.4 Å². The molecular weight excluding hydrogens is 415 g/mol. The Bertz CT molecular complexity index is 1160. The van der Waals surface area contributed by atoms with Crippen molar-refractivity contribution in [3.63, 3.8) is 0 Å². The molecule has 0 unspecified atom stereocenters. The van der Waals surface area contributed by atoms with E-state index in [0.717, 1.165) is 13.2 Å². The first kappa shape index (κ1) is 20.9. The molecule has 3 aromatic rings. The number of benzene rings is 1. The van der Waals surface area contributed by atoms with Gasteiger partial charge >= 0.3 is 6.18 Å². The third kappa shape index (κ3) is 4.26. The van der Waals surface area contributed by atoms with Crippen molar-refractivity contribution >= 4 is 28.4 Å². The van der Waals surface area contributed by atoms with Crippen LogP contribution in [0.5, 0.6) is 5.75 Å². The van der Waals surface area contributed by atoms with Gasteiger partial charge in [0.15, 0.2) is 0 Å². The SMILES string of the molecule is COc1ccc(Nc2nc(N3CCC(O)CC3)nc3cc[nH]c(=O)c23)cc1C(F)(F)F. The Morgan fingerprint density at radius 1 is 1.23 bits per heavy atom. The monoisotopic (exact) mass is 435 g/mol. The zero-order chi connectivity index (χ0) is 22.2. The number of hydrogen-bond donors (Lipinski definition) is 3. The van der Waals surface area contributed by atoms with E-state index in [1.807, 2.05) is 4.90 Å². The number of nitrogens with zero attached hydrogens (tertiary/aromatic N) is 3. The third-order valence-corrected chi connectivity index (χ3v) is 5.12. The minimum absolute atomic E-state index is 0.0891. The number of halogens is 3. The highest BCUT2D eigenvalue weighted by Crippen LogP contribution is 2.38. The number of aliphatic hydroxyl groups is 1. The second-order valence-electron chi connectivity index (χ2n) is 7.20. The summed E-state index contributed by atoms with van der Waals surface area (Å²) in [6.45, 7) is 1.05. The molecule has 8 nitrogen and oxygen atoms in total. The Kier molecular flexibility index (Phi) is 5.44. The van der Waals surface area contributed by atoms with Gasteiger partial charge in [-0.05, 0) is 37.1 Å². The van der Waals surface area contributed by atoms with Crippen molar-refractivity contribution in [2.45, 2.75) is 25.1 Å². The van der Waals surface area contributed by atoms with Gasteiger partial charge in [-0.1, -0.05) is 0 Å². The predicted octanol–water partition coefficient (Wildman–Crippen LogP) is 3.05. The average Bonchev–Trinajstić information content (AvgIpc) is 2.73. The summed E-state index contributed by atoms with van der Waals surface area (Å²) in [4.78, 5) is 25.7. The number of rotatable bonds is 4. The number of aromatic amines is 1. The number of alkyl halides is 3. The van der Waals surface area contributed by atoms with Gasteiger partial charge in [-0.25, -0.2) is 4.98 Å². The maximum absolute atomic E-state index is 13.4. The number of aromatic nitrogens is 3. The first-order valence-corrected chi connectivity index (χ1v) is 9.61. The van der Waals surface area contributed by atoms with E-state index in [9.17, 15) is 23.1 Å². The number of pyridine rings is 1. The van der Waals surface area contributed by atoms with Crippen LogP contribution in [0.15, 0.2) is 35.3 Å². The lowest BCUT2D eigenvalue weighted by atomic mass is 10.1. The Labute approximate surface area is 174 Å². The van der Waals surface area contributed by atoms with Crippen LogP contribution in [0.2, 0.25) is 0 Å². The fraction of sp³-hybridized carbons (Fsp3) is 0.350. The van der Waals surface area contributed by atoms with E-state index >= 15 is 0 Å². The third-order valence-electron chi connectivity index (χ3n) is 5.12. The fourth-order valence-electron chi connectivity index (χ4n) is 3.52. The van der Waals surface area contributed by atoms with Crippen molar-refractivity contribution in [2.75, 3.05) is 30.4 Å². The minimum Gasteiger partial charge on any atom is -0.496 e. The van der Waals surface area contributed by atoms with Crippen LogP contribution >= 0.6 is 0 Å². The number of H-pyrrole nitrogens is 1. The maximum Gasteiger partial charge on any atom is 0.420 e. The summed E-state index contributed by atoms with van der Waals surface area (Å²) in [6, 6.07) is 5.11. The van der Waals surface area contributed by atoms with Gasteiger partial charge in [0, 0.05) is 25.0 Å². The lowest BCUT2D eigenvalue weighted by Crippen LogP contribution is -2.37. The van der Waals surface area contributed by atoms with E-state index in [-0.39, 0.29) is 22.6 Å². The quantitative estimate of drug-likeness (QED) is 0.579. The van der Waals surface area contributed by atoms with Crippen molar-refractivity contribution in [3.8, 4) is 5.75 Å². The summed E-state index contributed by atoms with van der Waals surface area (Å²) in [5.41, 5.74) is -0.967. The van der Waals surface area contributed by atoms with Gasteiger partial charge in [-0.2, -0.15) is 18.2 Å². The van der Waals surface area contributed by atoms with Crippen molar-refractivity contribution in [1.82, 2.24) is 15.0 Å². The van der Waals surface area contributed by atoms with E-state index < -0.39 is 23.4 Å². The summed E-state index contributed by atoms with van der Waals surface area (Å²) in [5, 5.41) is 12.7. The predicted molar refractivity (Wildman–Crippen MR) is 109 cm³/mol. The molecule has 0 atom stereocenters. The molecule has 1 fully saturated rings. The van der Waals surface area contributed by atoms with Crippen LogP contribution < -0.4 is 20.5 Å². The zero-order valence-electron chi connectivity index (χ0n) is 16.5. The molecule has 0 bridgehead atoms. The minimum atomic E-state index is -4.62. The van der Waals surface area contributed by atoms with Crippen LogP contribution in [0.3, 0.4) is 0 Å². The topological polar surface area (TPSA) is 103 Å². The van der Waals surface area contributed by atoms with Crippen LogP contribution in [0.25, 0.3) is 10.9 Å². The summed E-state index contributed by atoms with van der Waals surface area (Å²) in [7, 11) is 1.16. The molecule has 3 N–H and O–H groups in total. The van der Waals surface area contributed by atoms with E-state index in [4.69, 9.17) is 4.74 Å². The summed E-state index contributed by atoms with van der Waals surface area (Å²) >= 11 is 0. The normalized spacial score (nSPS) is 15.3. The van der Waals surface area contributed by atoms with E-state index in [1.54, 1.807) is 6.07 Å². The van der Waals surface area contributed by atoms with Gasteiger partial charge in [0.25, 0.3) is 5.56 Å². The Balaban J connectivity index is 1.79. The summed E-state index contributed by atoms with van der Waals surface area (Å²) in [6.07, 6.45) is -2.47. The van der Waals surface area contributed by atoms with Gasteiger partial charge in [0.2, 0.25) is 5.95 Å². The molecule has 1 aliphatic rings. The number of nitrogens with one attached hydrogen (secondary N) is 2. The van der Waals surface area contributed by atoms with Crippen LogP contribution in [0.4, 0.5) is 30.6 Å². The van der Waals surface area contributed by atoms with Crippen LogP contribution in [-0.2, 0) is 6.18 Å². The Morgan fingerprint density at radius 3 is 2.65 bits per heavy atom. The number of methoxy groups -OCH3 is 1. The molecule has 1 saturated heterocycles. The molecule has 3 heterocycles. The maximum atomic E-state index is 13.4. The van der Waals surface area contributed by atoms with E-state index in [1.165, 1.54) is 18.3 Å². The molecule has 0 amide bonds. The second-order valence-corrected chi connectivity index (χ2v) is 7.20. The second kappa shape index (κ2) is 8.06.